The van der Waals surface area contributed by atoms with Crippen molar-refractivity contribution in [1.82, 2.24) is 10.6 Å². The Morgan fingerprint density at radius 2 is 1.96 bits per heavy atom. The van der Waals surface area contributed by atoms with E-state index in [1.54, 1.807) is 19.9 Å². The average molecular weight is 378 g/mol. The lowest BCUT2D eigenvalue weighted by molar-refractivity contribution is -0.155. The fourth-order valence-corrected chi connectivity index (χ4v) is 4.45. The van der Waals surface area contributed by atoms with Crippen LogP contribution in [0.25, 0.3) is 0 Å². The van der Waals surface area contributed by atoms with Gasteiger partial charge in [-0.05, 0) is 32.3 Å². The first-order chi connectivity index (χ1) is 11.5. The zero-order chi connectivity index (χ0) is 18.8. The summed E-state index contributed by atoms with van der Waals surface area (Å²) in [5.41, 5.74) is 0.564. The monoisotopic (exact) mass is 378 g/mol. The average Bonchev–Trinajstić information content (AvgIpc) is 2.47. The molecule has 1 aliphatic heterocycles. The SMILES string of the molecule is Cc1cccc(C(NC(=O)NC2CCC(C)S(=O)(=O)C2)C(F)(F)F)c1. The summed E-state index contributed by atoms with van der Waals surface area (Å²) >= 11 is 0. The fraction of sp³-hybridized carbons (Fsp3) is 0.562. The summed E-state index contributed by atoms with van der Waals surface area (Å²) in [5.74, 6) is -0.261. The van der Waals surface area contributed by atoms with E-state index in [0.717, 1.165) is 0 Å². The Hall–Kier alpha value is -1.77. The van der Waals surface area contributed by atoms with Crippen molar-refractivity contribution < 1.29 is 26.4 Å². The van der Waals surface area contributed by atoms with Crippen molar-refractivity contribution in [2.45, 2.75) is 50.2 Å². The van der Waals surface area contributed by atoms with E-state index in [2.05, 4.69) is 5.32 Å². The van der Waals surface area contributed by atoms with Crippen LogP contribution in [-0.2, 0) is 9.84 Å². The van der Waals surface area contributed by atoms with Gasteiger partial charge in [0.1, 0.15) is 0 Å². The first-order valence-electron chi connectivity index (χ1n) is 7.91. The molecule has 0 aromatic heterocycles. The van der Waals surface area contributed by atoms with Gasteiger partial charge >= 0.3 is 12.2 Å². The van der Waals surface area contributed by atoms with Crippen LogP contribution in [0, 0.1) is 6.92 Å². The highest BCUT2D eigenvalue weighted by molar-refractivity contribution is 7.92. The second-order valence-corrected chi connectivity index (χ2v) is 8.88. The van der Waals surface area contributed by atoms with Gasteiger partial charge < -0.3 is 10.6 Å². The number of hydrogen-bond donors (Lipinski definition) is 2. The summed E-state index contributed by atoms with van der Waals surface area (Å²) in [5, 5.41) is 3.77. The largest absolute Gasteiger partial charge is 0.412 e. The van der Waals surface area contributed by atoms with Crippen molar-refractivity contribution in [3.63, 3.8) is 0 Å². The first kappa shape index (κ1) is 19.6. The molecule has 2 N–H and O–H groups in total. The molecule has 3 unspecified atom stereocenters. The van der Waals surface area contributed by atoms with Crippen LogP contribution in [0.5, 0.6) is 0 Å². The maximum Gasteiger partial charge on any atom is 0.412 e. The fourth-order valence-electron chi connectivity index (χ4n) is 2.82. The molecule has 1 aromatic carbocycles. The number of sulfone groups is 1. The van der Waals surface area contributed by atoms with Gasteiger partial charge in [-0.15, -0.1) is 0 Å². The molecule has 25 heavy (non-hydrogen) atoms. The van der Waals surface area contributed by atoms with Crippen LogP contribution >= 0.6 is 0 Å². The minimum Gasteiger partial charge on any atom is -0.334 e. The summed E-state index contributed by atoms with van der Waals surface area (Å²) in [6.07, 6.45) is -3.89. The zero-order valence-electron chi connectivity index (χ0n) is 13.9. The third-order valence-corrected chi connectivity index (χ3v) is 6.61. The Morgan fingerprint density at radius 1 is 1.28 bits per heavy atom. The third kappa shape index (κ3) is 5.10. The normalized spacial score (nSPS) is 24.4. The van der Waals surface area contributed by atoms with E-state index in [1.165, 1.54) is 18.2 Å². The molecule has 9 heteroatoms. The number of halogens is 3. The highest BCUT2D eigenvalue weighted by Crippen LogP contribution is 2.33. The van der Waals surface area contributed by atoms with Crippen molar-refractivity contribution in [2.24, 2.45) is 0 Å². The summed E-state index contributed by atoms with van der Waals surface area (Å²) in [7, 11) is -3.34. The predicted molar refractivity (Wildman–Crippen MR) is 87.9 cm³/mol. The van der Waals surface area contributed by atoms with Gasteiger partial charge in [0.05, 0.1) is 11.0 Å². The Labute approximate surface area is 144 Å². The second-order valence-electron chi connectivity index (χ2n) is 6.42. The van der Waals surface area contributed by atoms with Gasteiger partial charge in [0.15, 0.2) is 15.9 Å². The highest BCUT2D eigenvalue weighted by Gasteiger charge is 2.42. The van der Waals surface area contributed by atoms with E-state index in [-0.39, 0.29) is 11.3 Å². The first-order valence-corrected chi connectivity index (χ1v) is 9.62. The minimum absolute atomic E-state index is 0.0764. The molecule has 2 amide bonds. The summed E-state index contributed by atoms with van der Waals surface area (Å²) < 4.78 is 63.7. The molecule has 1 fully saturated rings. The molecule has 1 saturated heterocycles. The van der Waals surface area contributed by atoms with Crippen LogP contribution in [0.15, 0.2) is 24.3 Å². The van der Waals surface area contributed by atoms with Crippen molar-refractivity contribution in [2.75, 3.05) is 5.75 Å². The Kier molecular flexibility index (Phi) is 5.65. The van der Waals surface area contributed by atoms with E-state index in [4.69, 9.17) is 0 Å². The molecule has 0 spiro atoms. The number of benzene rings is 1. The van der Waals surface area contributed by atoms with E-state index in [1.807, 2.05) is 5.32 Å². The lowest BCUT2D eigenvalue weighted by atomic mass is 10.0. The minimum atomic E-state index is -4.67. The highest BCUT2D eigenvalue weighted by atomic mass is 32.2. The maximum atomic E-state index is 13.3. The molecule has 0 bridgehead atoms. The van der Waals surface area contributed by atoms with E-state index < -0.39 is 39.4 Å². The van der Waals surface area contributed by atoms with Gasteiger partial charge in [-0.25, -0.2) is 13.2 Å². The molecule has 3 atom stereocenters. The number of aryl methyl sites for hydroxylation is 1. The maximum absolute atomic E-state index is 13.3. The quantitative estimate of drug-likeness (QED) is 0.849. The number of hydrogen-bond acceptors (Lipinski definition) is 3. The molecular formula is C16H21F3N2O3S. The summed E-state index contributed by atoms with van der Waals surface area (Å²) in [6.45, 7) is 3.24. The standard InChI is InChI=1S/C16H21F3N2O3S/c1-10-4-3-5-12(8-10)14(16(17,18)19)21-15(22)20-13-7-6-11(2)25(23,24)9-13/h3-5,8,11,13-14H,6-7,9H2,1-2H3,(H2,20,21,22). The molecule has 1 heterocycles. The zero-order valence-corrected chi connectivity index (χ0v) is 14.7. The summed E-state index contributed by atoms with van der Waals surface area (Å²) in [4.78, 5) is 12.0. The predicted octanol–water partition coefficient (Wildman–Crippen LogP) is 2.86. The van der Waals surface area contributed by atoms with Crippen molar-refractivity contribution >= 4 is 15.9 Å². The van der Waals surface area contributed by atoms with E-state index in [0.29, 0.717) is 18.4 Å². The van der Waals surface area contributed by atoms with Crippen molar-refractivity contribution in [3.05, 3.63) is 35.4 Å². The number of amides is 2. The second kappa shape index (κ2) is 7.23. The van der Waals surface area contributed by atoms with Crippen molar-refractivity contribution in [1.29, 1.82) is 0 Å². The van der Waals surface area contributed by atoms with Gasteiger partial charge in [-0.2, -0.15) is 13.2 Å². The van der Waals surface area contributed by atoms with Crippen LogP contribution < -0.4 is 10.6 Å². The van der Waals surface area contributed by atoms with Crippen LogP contribution in [-0.4, -0.2) is 37.7 Å². The molecule has 140 valence electrons. The Bertz CT molecular complexity index is 734. The van der Waals surface area contributed by atoms with Gasteiger partial charge in [0, 0.05) is 6.04 Å². The molecule has 1 aromatic rings. The van der Waals surface area contributed by atoms with Crippen LogP contribution in [0.1, 0.15) is 36.9 Å². The molecular weight excluding hydrogens is 357 g/mol. The van der Waals surface area contributed by atoms with Gasteiger partial charge in [0.2, 0.25) is 0 Å². The number of rotatable bonds is 3. The summed E-state index contributed by atoms with van der Waals surface area (Å²) in [6, 6.07) is 1.91. The van der Waals surface area contributed by atoms with Crippen LogP contribution in [0.3, 0.4) is 0 Å². The molecule has 0 saturated carbocycles. The van der Waals surface area contributed by atoms with E-state index in [9.17, 15) is 26.4 Å². The molecule has 5 nitrogen and oxygen atoms in total. The number of urea groups is 1. The third-order valence-electron chi connectivity index (χ3n) is 4.28. The van der Waals surface area contributed by atoms with Gasteiger partial charge in [0.25, 0.3) is 0 Å². The molecule has 2 rings (SSSR count). The van der Waals surface area contributed by atoms with E-state index >= 15 is 0 Å². The Morgan fingerprint density at radius 3 is 2.52 bits per heavy atom. The van der Waals surface area contributed by atoms with Crippen molar-refractivity contribution in [3.8, 4) is 0 Å². The number of carbonyl (C=O) groups excluding carboxylic acids is 1. The number of carbonyl (C=O) groups is 1. The lowest BCUT2D eigenvalue weighted by Crippen LogP contribution is -2.51. The topological polar surface area (TPSA) is 75.3 Å². The number of nitrogens with one attached hydrogen (secondary N) is 2. The lowest BCUT2D eigenvalue weighted by Gasteiger charge is -2.28. The van der Waals surface area contributed by atoms with Crippen LogP contribution in [0.2, 0.25) is 0 Å². The molecule has 0 radical (unpaired) electrons. The smallest absolute Gasteiger partial charge is 0.334 e. The van der Waals surface area contributed by atoms with Crippen LogP contribution in [0.4, 0.5) is 18.0 Å². The van der Waals surface area contributed by atoms with Gasteiger partial charge in [-0.1, -0.05) is 29.8 Å². The molecule has 0 aliphatic carbocycles. The molecule has 1 aliphatic rings. The van der Waals surface area contributed by atoms with Gasteiger partial charge in [-0.3, -0.25) is 0 Å². The Balaban J connectivity index is 2.08. The number of alkyl halides is 3.